The molecule has 0 spiro atoms. The summed E-state index contributed by atoms with van der Waals surface area (Å²) in [7, 11) is 3.32. The van der Waals surface area contributed by atoms with Gasteiger partial charge in [-0.05, 0) is 208 Å². The second-order valence-electron chi connectivity index (χ2n) is 29.0. The lowest BCUT2D eigenvalue weighted by Gasteiger charge is -2.17. The number of methoxy groups -OCH3 is 2. The fourth-order valence-corrected chi connectivity index (χ4v) is 13.5. The number of ether oxygens (including phenoxy) is 7. The number of aliphatic hydroxyl groups excluding tert-OH is 1. The molecule has 20 heteroatoms. The maximum Gasteiger partial charge on any atom is 0.146 e. The third-order valence-electron chi connectivity index (χ3n) is 19.4. The average Bonchev–Trinajstić information content (AvgIpc) is 1.37. The number of hydrogen-bond acceptors (Lipinski definition) is 17. The van der Waals surface area contributed by atoms with Crippen LogP contribution >= 0.6 is 11.9 Å². The maximum atomic E-state index is 9.91. The lowest BCUT2D eigenvalue weighted by molar-refractivity contribution is -0.0317. The molecule has 0 amide bonds. The molecule has 0 aliphatic rings. The van der Waals surface area contributed by atoms with Gasteiger partial charge in [0.1, 0.15) is 79.7 Å². The molecule has 0 saturated heterocycles. The molecule has 113 heavy (non-hydrogen) atoms. The van der Waals surface area contributed by atoms with Crippen molar-refractivity contribution in [2.45, 2.75) is 263 Å². The number of unbranched alkanes of at least 4 members (excludes halogenated alkanes) is 21. The van der Waals surface area contributed by atoms with Gasteiger partial charge in [-0.3, -0.25) is 0 Å². The zero-order valence-corrected chi connectivity index (χ0v) is 70.2. The van der Waals surface area contributed by atoms with Crippen LogP contribution in [0.1, 0.15) is 246 Å². The van der Waals surface area contributed by atoms with E-state index in [0.29, 0.717) is 57.4 Å². The van der Waals surface area contributed by atoms with Gasteiger partial charge in [0.15, 0.2) is 0 Å². The van der Waals surface area contributed by atoms with Crippen molar-refractivity contribution in [1.82, 2.24) is 29.1 Å². The molecular formula is C93H138ClN9O10. The highest BCUT2D eigenvalue weighted by molar-refractivity contribution is 6.07. The second kappa shape index (κ2) is 58.5. The molecule has 6 aromatic heterocycles. The maximum absolute atomic E-state index is 9.91. The summed E-state index contributed by atoms with van der Waals surface area (Å²) in [6.07, 6.45) is 31.5. The van der Waals surface area contributed by atoms with E-state index in [1.807, 2.05) is 69.3 Å². The quantitative estimate of drug-likeness (QED) is 0.0135. The number of halogens is 1. The lowest BCUT2D eigenvalue weighted by Crippen LogP contribution is -2.08. The molecule has 0 radical (unpaired) electrons. The van der Waals surface area contributed by atoms with E-state index in [1.54, 1.807) is 20.3 Å². The number of anilines is 2. The number of benzene rings is 3. The van der Waals surface area contributed by atoms with Crippen molar-refractivity contribution in [2.75, 3.05) is 59.1 Å². The minimum absolute atomic E-state index is 0. The predicted molar refractivity (Wildman–Crippen MR) is 464 cm³/mol. The van der Waals surface area contributed by atoms with Crippen molar-refractivity contribution in [3.8, 4) is 34.6 Å². The van der Waals surface area contributed by atoms with Gasteiger partial charge in [-0.15, -0.1) is 0 Å². The van der Waals surface area contributed by atoms with Crippen LogP contribution in [0.15, 0.2) is 140 Å². The number of rotatable bonds is 47. The normalized spacial score (nSPS) is 10.8. The van der Waals surface area contributed by atoms with Crippen molar-refractivity contribution in [3.05, 3.63) is 224 Å². The van der Waals surface area contributed by atoms with Crippen molar-refractivity contribution in [2.24, 2.45) is 5.90 Å². The molecule has 0 saturated carbocycles. The van der Waals surface area contributed by atoms with Gasteiger partial charge in [0, 0.05) is 56.8 Å². The summed E-state index contributed by atoms with van der Waals surface area (Å²) in [4.78, 5) is 18.6. The summed E-state index contributed by atoms with van der Waals surface area (Å²) in [6, 6.07) is 47.2. The Bertz CT molecular complexity index is 3910. The van der Waals surface area contributed by atoms with Crippen LogP contribution in [-0.2, 0) is 62.4 Å². The Kier molecular flexibility index (Phi) is 50.2. The molecular weight excluding hydrogens is 1440 g/mol. The highest BCUT2D eigenvalue weighted by Gasteiger charge is 2.18. The number of aromatic hydroxyl groups is 1. The first-order valence-corrected chi connectivity index (χ1v) is 41.0. The molecule has 8 N–H and O–H groups in total. The Labute approximate surface area is 683 Å². The molecule has 9 aromatic rings. The monoisotopic (exact) mass is 1580 g/mol. The number of nitrogen functional groups attached to an aromatic ring is 2. The van der Waals surface area contributed by atoms with E-state index in [-0.39, 0.29) is 7.43 Å². The summed E-state index contributed by atoms with van der Waals surface area (Å²) in [5, 5.41) is 18.6. The summed E-state index contributed by atoms with van der Waals surface area (Å²) in [6.45, 7) is 23.0. The zero-order valence-electron chi connectivity index (χ0n) is 69.5. The van der Waals surface area contributed by atoms with Crippen molar-refractivity contribution < 1.29 is 47.8 Å². The van der Waals surface area contributed by atoms with Gasteiger partial charge in [0.25, 0.3) is 0 Å². The van der Waals surface area contributed by atoms with E-state index in [2.05, 4.69) is 168 Å². The Hall–Kier alpha value is -8.37. The van der Waals surface area contributed by atoms with E-state index in [1.165, 1.54) is 131 Å². The van der Waals surface area contributed by atoms with Gasteiger partial charge in [-0.1, -0.05) is 214 Å². The van der Waals surface area contributed by atoms with Crippen LogP contribution in [0.25, 0.3) is 11.6 Å². The average molecular weight is 1580 g/mol. The molecule has 19 nitrogen and oxygen atoms in total. The topological polar surface area (TPSA) is 254 Å². The number of aryl methyl sites for hydroxylation is 12. The van der Waals surface area contributed by atoms with Crippen molar-refractivity contribution >= 4 is 23.5 Å². The van der Waals surface area contributed by atoms with Gasteiger partial charge in [-0.2, -0.15) is 10.3 Å². The Morgan fingerprint density at radius 2 is 0.673 bits per heavy atom. The third-order valence-corrected chi connectivity index (χ3v) is 19.4. The first kappa shape index (κ1) is 97.0. The largest absolute Gasteiger partial charge is 0.506 e. The van der Waals surface area contributed by atoms with E-state index < -0.39 is 0 Å². The number of aromatic nitrogens is 6. The first-order chi connectivity index (χ1) is 54.4. The molecule has 0 atom stereocenters. The van der Waals surface area contributed by atoms with Gasteiger partial charge >= 0.3 is 0 Å². The van der Waals surface area contributed by atoms with Crippen LogP contribution in [0, 0.1) is 62.3 Å². The van der Waals surface area contributed by atoms with E-state index in [0.717, 1.165) is 169 Å². The third kappa shape index (κ3) is 38.1. The number of aliphatic hydroxyl groups is 1. The number of nitrogens with zero attached hydrogens (tertiary/aromatic N) is 6. The number of pyridine rings is 4. The van der Waals surface area contributed by atoms with Crippen molar-refractivity contribution in [1.29, 1.82) is 0 Å². The number of hydrogen-bond donors (Lipinski definition) is 5. The van der Waals surface area contributed by atoms with Crippen LogP contribution in [0.3, 0.4) is 0 Å². The zero-order chi connectivity index (χ0) is 80.9. The van der Waals surface area contributed by atoms with E-state index >= 15 is 0 Å². The molecule has 0 unspecified atom stereocenters. The highest BCUT2D eigenvalue weighted by Crippen LogP contribution is 2.32. The number of nitrogens with two attached hydrogens (primary N) is 3. The van der Waals surface area contributed by atoms with Gasteiger partial charge in [0.2, 0.25) is 0 Å². The lowest BCUT2D eigenvalue weighted by atomic mass is 10.0. The van der Waals surface area contributed by atoms with Gasteiger partial charge in [-0.25, -0.2) is 19.9 Å². The fraction of sp³-hybridized carbons (Fsp3) is 0.505. The molecule has 0 aliphatic carbocycles. The van der Waals surface area contributed by atoms with Crippen LogP contribution in [-0.4, -0.2) is 86.9 Å². The van der Waals surface area contributed by atoms with Crippen LogP contribution in [0.2, 0.25) is 0 Å². The Morgan fingerprint density at radius 1 is 0.372 bits per heavy atom. The molecule has 0 bridgehead atoms. The molecule has 6 heterocycles. The predicted octanol–water partition coefficient (Wildman–Crippen LogP) is 22.2. The van der Waals surface area contributed by atoms with E-state index in [4.69, 9.17) is 59.7 Å². The SMILES string of the molecule is C.COCOCCCCCCCCCCc1nc(-n2c(C)ccc2C)cc(C)c1OCc1ccccc1.COCOCCCCCCCCCCc1nc(N)cc(C)c1OCc1ccccc1.Cc1cc(-n2c(C)ccc2C)nc(C)c1OCc1ccccc1.Cc1cc(N)nc(CCCCCCCCCCO)c1O.NOCl. The highest BCUT2D eigenvalue weighted by atomic mass is 35.5. The van der Waals surface area contributed by atoms with Crippen LogP contribution < -0.4 is 31.6 Å². The molecule has 622 valence electrons. The van der Waals surface area contributed by atoms with E-state index in [9.17, 15) is 5.11 Å². The fourth-order valence-electron chi connectivity index (χ4n) is 13.5. The smallest absolute Gasteiger partial charge is 0.146 e. The Balaban J connectivity index is 0.000000320. The van der Waals surface area contributed by atoms with Crippen LogP contribution in [0.4, 0.5) is 11.6 Å². The van der Waals surface area contributed by atoms with Gasteiger partial charge < -0.3 is 64.0 Å². The summed E-state index contributed by atoms with van der Waals surface area (Å²) >= 11 is 4.28. The Morgan fingerprint density at radius 3 is 1.04 bits per heavy atom. The second-order valence-corrected chi connectivity index (χ2v) is 29.2. The molecule has 0 fully saturated rings. The molecule has 0 aliphatic heterocycles. The summed E-state index contributed by atoms with van der Waals surface area (Å²) in [5.74, 6) is 10.1. The summed E-state index contributed by atoms with van der Waals surface area (Å²) in [5.41, 5.74) is 27.8. The standard InChI is InChI=1S/C31H44N2O3.C25H38N2O3.C20H22N2O.C16H28N2O2.CH4.ClH2NO/c1-25-22-30(33-26(2)19-20-27(33)3)32-29(31(25)36-23-28-16-12-11-13-17-28)18-14-9-7-5-6-8-10-15-21-35-24-34-4;1-21-18-24(26)27-23(25(21)30-19-22-14-10-9-11-15-22)16-12-7-5-3-4-6-8-13-17-29-20-28-2;1-14-12-19(22-15(2)10-11-16(22)3)21-17(4)20(14)23-13-18-8-6-5-7-9-18;1-13-12-15(17)18-14(16(13)20)10-8-6-4-2-3-5-7-9-11-19;;1-3-2/h11-13,16-17,19-20,22H,5-10,14-15,18,21,23-24H2,1-4H3;9-11,14-15,18H,3-8,12-13,16-17,19-20H2,1-2H3,(H2,26,27);5-12H,13H2,1-4H3;12,19-20H,2-11H2,1H3,(H2,17,18);1H4;2H2. The molecule has 9 rings (SSSR count). The van der Waals surface area contributed by atoms with Crippen LogP contribution in [0.5, 0.6) is 23.0 Å². The minimum atomic E-state index is 0. The summed E-state index contributed by atoms with van der Waals surface area (Å²) < 4.78 is 46.6. The van der Waals surface area contributed by atoms with Gasteiger partial charge in [0.05, 0.1) is 34.6 Å². The molecule has 3 aromatic carbocycles. The minimum Gasteiger partial charge on any atom is -0.506 e. The first-order valence-electron chi connectivity index (χ1n) is 40.6. The van der Waals surface area contributed by atoms with Crippen molar-refractivity contribution in [3.63, 3.8) is 0 Å².